The van der Waals surface area contributed by atoms with Crippen molar-refractivity contribution in [2.24, 2.45) is 0 Å². The predicted octanol–water partition coefficient (Wildman–Crippen LogP) is 3.45. The number of benzene rings is 1. The Hall–Kier alpha value is -2.38. The first kappa shape index (κ1) is 17.1. The number of thiophene rings is 2. The van der Waals surface area contributed by atoms with Crippen LogP contribution >= 0.6 is 22.7 Å². The Bertz CT molecular complexity index is 955. The van der Waals surface area contributed by atoms with Crippen molar-refractivity contribution in [3.8, 4) is 0 Å². The number of rotatable bonds is 2. The number of nitrogens with two attached hydrogens (primary N) is 1. The molecule has 0 radical (unpaired) electrons. The number of carbonyl (C=O) groups is 2. The van der Waals surface area contributed by atoms with Gasteiger partial charge in [0.1, 0.15) is 0 Å². The molecule has 2 aromatic heterocycles. The van der Waals surface area contributed by atoms with E-state index in [-0.39, 0.29) is 11.8 Å². The van der Waals surface area contributed by atoms with Crippen LogP contribution in [0.1, 0.15) is 25.6 Å². The van der Waals surface area contributed by atoms with Crippen molar-refractivity contribution in [3.63, 3.8) is 0 Å². The minimum atomic E-state index is -0.0152. The molecule has 0 saturated carbocycles. The molecule has 1 aliphatic rings. The van der Waals surface area contributed by atoms with E-state index >= 15 is 0 Å². The molecule has 0 aliphatic carbocycles. The average molecular weight is 386 g/mol. The van der Waals surface area contributed by atoms with Gasteiger partial charge in [0.25, 0.3) is 11.8 Å². The lowest BCUT2D eigenvalue weighted by molar-refractivity contribution is 0.0537. The first-order chi connectivity index (χ1) is 12.5. The van der Waals surface area contributed by atoms with Gasteiger partial charge in [-0.15, -0.1) is 22.7 Å². The normalized spacial score (nSPS) is 14.8. The monoisotopic (exact) mass is 385 g/mol. The van der Waals surface area contributed by atoms with Crippen LogP contribution in [0.4, 0.5) is 5.69 Å². The topological polar surface area (TPSA) is 66.6 Å². The first-order valence-corrected chi connectivity index (χ1v) is 10.1. The zero-order valence-corrected chi connectivity index (χ0v) is 16.0. The lowest BCUT2D eigenvalue weighted by Gasteiger charge is -2.34. The number of fused-ring (bicyclic) bond motifs is 1. The molecule has 0 bridgehead atoms. The van der Waals surface area contributed by atoms with Crippen LogP contribution in [0.25, 0.3) is 9.40 Å². The smallest absolute Gasteiger partial charge is 0.264 e. The highest BCUT2D eigenvalue weighted by Gasteiger charge is 2.27. The van der Waals surface area contributed by atoms with Gasteiger partial charge < -0.3 is 15.5 Å². The van der Waals surface area contributed by atoms with Gasteiger partial charge in [0.2, 0.25) is 0 Å². The zero-order chi connectivity index (χ0) is 18.3. The third kappa shape index (κ3) is 3.08. The summed E-state index contributed by atoms with van der Waals surface area (Å²) >= 11 is 3.19. The Morgan fingerprint density at radius 2 is 1.65 bits per heavy atom. The van der Waals surface area contributed by atoms with Gasteiger partial charge in [-0.05, 0) is 42.1 Å². The van der Waals surface area contributed by atoms with Gasteiger partial charge in [-0.3, -0.25) is 9.59 Å². The Labute approximate surface area is 159 Å². The Balaban J connectivity index is 1.43. The molecule has 7 heteroatoms. The summed E-state index contributed by atoms with van der Waals surface area (Å²) in [4.78, 5) is 29.9. The molecular formula is C19H19N3O2S2. The number of nitrogen functional groups attached to an aromatic ring is 1. The minimum absolute atomic E-state index is 0.0152. The van der Waals surface area contributed by atoms with Crippen molar-refractivity contribution in [2.45, 2.75) is 6.92 Å². The fourth-order valence-corrected chi connectivity index (χ4v) is 5.26. The molecule has 4 rings (SSSR count). The number of anilines is 1. The molecule has 1 fully saturated rings. The van der Waals surface area contributed by atoms with Crippen LogP contribution in [0.15, 0.2) is 35.7 Å². The molecule has 0 atom stereocenters. The van der Waals surface area contributed by atoms with Gasteiger partial charge in [-0.1, -0.05) is 6.07 Å². The zero-order valence-electron chi connectivity index (χ0n) is 14.4. The summed E-state index contributed by atoms with van der Waals surface area (Å²) in [6.45, 7) is 4.10. The second kappa shape index (κ2) is 6.74. The molecule has 3 aromatic rings. The van der Waals surface area contributed by atoms with Gasteiger partial charge >= 0.3 is 0 Å². The second-order valence-corrected chi connectivity index (χ2v) is 8.45. The number of amides is 2. The molecule has 1 aromatic carbocycles. The number of hydrogen-bond acceptors (Lipinski definition) is 5. The van der Waals surface area contributed by atoms with E-state index in [1.807, 2.05) is 35.4 Å². The summed E-state index contributed by atoms with van der Waals surface area (Å²) < 4.78 is 2.31. The third-order valence-electron chi connectivity index (χ3n) is 4.70. The Morgan fingerprint density at radius 3 is 2.35 bits per heavy atom. The van der Waals surface area contributed by atoms with Crippen molar-refractivity contribution in [3.05, 3.63) is 51.7 Å². The van der Waals surface area contributed by atoms with Crippen molar-refractivity contribution >= 4 is 49.6 Å². The maximum absolute atomic E-state index is 12.8. The quantitative estimate of drug-likeness (QED) is 0.687. The van der Waals surface area contributed by atoms with Crippen LogP contribution in [0.2, 0.25) is 0 Å². The van der Waals surface area contributed by atoms with E-state index in [2.05, 4.69) is 0 Å². The fourth-order valence-electron chi connectivity index (χ4n) is 3.18. The van der Waals surface area contributed by atoms with E-state index in [0.29, 0.717) is 37.4 Å². The highest BCUT2D eigenvalue weighted by Crippen LogP contribution is 2.31. The molecule has 2 amide bonds. The highest BCUT2D eigenvalue weighted by atomic mass is 32.1. The van der Waals surface area contributed by atoms with Crippen LogP contribution in [-0.2, 0) is 0 Å². The van der Waals surface area contributed by atoms with Gasteiger partial charge in [-0.25, -0.2) is 0 Å². The van der Waals surface area contributed by atoms with Crippen LogP contribution in [0, 0.1) is 6.92 Å². The van der Waals surface area contributed by atoms with Crippen molar-refractivity contribution in [1.82, 2.24) is 9.80 Å². The summed E-state index contributed by atoms with van der Waals surface area (Å²) in [5.74, 6) is 0.0455. The van der Waals surface area contributed by atoms with Crippen LogP contribution in [-0.4, -0.2) is 47.8 Å². The Morgan fingerprint density at radius 1 is 0.962 bits per heavy atom. The summed E-state index contributed by atoms with van der Waals surface area (Å²) in [6.07, 6.45) is 0. The van der Waals surface area contributed by atoms with Gasteiger partial charge in [0.15, 0.2) is 0 Å². The molecule has 0 unspecified atom stereocenters. The molecule has 0 spiro atoms. The van der Waals surface area contributed by atoms with E-state index in [1.54, 1.807) is 28.4 Å². The highest BCUT2D eigenvalue weighted by molar-refractivity contribution is 7.27. The summed E-state index contributed by atoms with van der Waals surface area (Å²) in [7, 11) is 0. The van der Waals surface area contributed by atoms with Crippen LogP contribution < -0.4 is 5.73 Å². The second-order valence-electron chi connectivity index (χ2n) is 6.42. The van der Waals surface area contributed by atoms with Gasteiger partial charge in [0.05, 0.1) is 4.88 Å². The lowest BCUT2D eigenvalue weighted by Crippen LogP contribution is -2.50. The third-order valence-corrected chi connectivity index (χ3v) is 6.78. The van der Waals surface area contributed by atoms with E-state index < -0.39 is 0 Å². The molecule has 1 aliphatic heterocycles. The SMILES string of the molecule is Cc1ccc(N)cc1C(=O)N1CCN(C(=O)c2cc3sccc3s2)CC1. The van der Waals surface area contributed by atoms with Crippen molar-refractivity contribution < 1.29 is 9.59 Å². The van der Waals surface area contributed by atoms with E-state index in [0.717, 1.165) is 19.8 Å². The number of piperazine rings is 1. The van der Waals surface area contributed by atoms with E-state index in [9.17, 15) is 9.59 Å². The molecular weight excluding hydrogens is 366 g/mol. The van der Waals surface area contributed by atoms with Gasteiger partial charge in [-0.2, -0.15) is 0 Å². The molecule has 5 nitrogen and oxygen atoms in total. The van der Waals surface area contributed by atoms with Crippen molar-refractivity contribution in [1.29, 1.82) is 0 Å². The van der Waals surface area contributed by atoms with Gasteiger partial charge in [0, 0.05) is 46.8 Å². The first-order valence-electron chi connectivity index (χ1n) is 8.44. The lowest BCUT2D eigenvalue weighted by atomic mass is 10.1. The summed E-state index contributed by atoms with van der Waals surface area (Å²) in [5.41, 5.74) is 7.97. The Kier molecular flexibility index (Phi) is 4.42. The molecule has 26 heavy (non-hydrogen) atoms. The number of aryl methyl sites for hydroxylation is 1. The maximum Gasteiger partial charge on any atom is 0.264 e. The summed E-state index contributed by atoms with van der Waals surface area (Å²) in [5, 5.41) is 2.04. The standard InChI is InChI=1S/C19H19N3O2S2/c1-12-2-3-13(20)10-14(12)18(23)21-5-7-22(8-6-21)19(24)17-11-16-15(26-17)4-9-25-16/h2-4,9-11H,5-8,20H2,1H3. The number of nitrogens with zero attached hydrogens (tertiary/aromatic N) is 2. The van der Waals surface area contributed by atoms with Crippen LogP contribution in [0.5, 0.6) is 0 Å². The molecule has 1 saturated heterocycles. The van der Waals surface area contributed by atoms with Crippen LogP contribution in [0.3, 0.4) is 0 Å². The summed E-state index contributed by atoms with van der Waals surface area (Å²) in [6, 6.07) is 9.42. The van der Waals surface area contributed by atoms with E-state index in [4.69, 9.17) is 5.73 Å². The molecule has 3 heterocycles. The van der Waals surface area contributed by atoms with E-state index in [1.165, 1.54) is 11.3 Å². The average Bonchev–Trinajstić information content (AvgIpc) is 3.25. The maximum atomic E-state index is 12.8. The molecule has 2 N–H and O–H groups in total. The number of carbonyl (C=O) groups excluding carboxylic acids is 2. The fraction of sp³-hybridized carbons (Fsp3) is 0.263. The number of hydrogen-bond donors (Lipinski definition) is 1. The largest absolute Gasteiger partial charge is 0.399 e. The van der Waals surface area contributed by atoms with Crippen molar-refractivity contribution in [2.75, 3.05) is 31.9 Å². The predicted molar refractivity (Wildman–Crippen MR) is 107 cm³/mol. The molecule has 134 valence electrons. The minimum Gasteiger partial charge on any atom is -0.399 e.